The predicted octanol–water partition coefficient (Wildman–Crippen LogP) is 2.98. The quantitative estimate of drug-likeness (QED) is 0.941. The van der Waals surface area contributed by atoms with Gasteiger partial charge in [-0.2, -0.15) is 4.98 Å². The monoisotopic (exact) mass is 293 g/mol. The zero-order valence-corrected chi connectivity index (χ0v) is 13.2. The highest BCUT2D eigenvalue weighted by molar-refractivity contribution is 7.14. The summed E-state index contributed by atoms with van der Waals surface area (Å²) in [6, 6.07) is 1.93. The van der Waals surface area contributed by atoms with E-state index in [1.165, 1.54) is 16.2 Å². The molecule has 0 aliphatic carbocycles. The van der Waals surface area contributed by atoms with Crippen LogP contribution in [0, 0.1) is 13.8 Å². The van der Waals surface area contributed by atoms with Gasteiger partial charge < -0.3 is 9.84 Å². The maximum Gasteiger partial charge on any atom is 0.262 e. The average Bonchev–Trinajstić information content (AvgIpc) is 2.95. The van der Waals surface area contributed by atoms with Crippen molar-refractivity contribution in [3.63, 3.8) is 0 Å². The highest BCUT2D eigenvalue weighted by Gasteiger charge is 2.29. The number of nitrogens with one attached hydrogen (secondary N) is 1. The molecule has 0 aromatic carbocycles. The molecule has 0 fully saturated rings. The molecule has 0 aliphatic heterocycles. The molecule has 0 saturated heterocycles. The normalized spacial score (nSPS) is 11.7. The minimum Gasteiger partial charge on any atom is -0.340 e. The smallest absolute Gasteiger partial charge is 0.262 e. The largest absolute Gasteiger partial charge is 0.340 e. The van der Waals surface area contributed by atoms with Crippen LogP contribution in [0.5, 0.6) is 0 Å². The predicted molar refractivity (Wildman–Crippen MR) is 78.0 cm³/mol. The molecule has 0 aliphatic rings. The third-order valence-corrected chi connectivity index (χ3v) is 4.46. The van der Waals surface area contributed by atoms with Gasteiger partial charge in [0.2, 0.25) is 5.89 Å². The molecule has 2 aromatic heterocycles. The Labute approximate surface area is 122 Å². The average molecular weight is 293 g/mol. The molecule has 6 heteroatoms. The van der Waals surface area contributed by atoms with Gasteiger partial charge in [-0.15, -0.1) is 11.3 Å². The first kappa shape index (κ1) is 14.7. The Bertz CT molecular complexity index is 628. The van der Waals surface area contributed by atoms with Crippen LogP contribution < -0.4 is 5.32 Å². The van der Waals surface area contributed by atoms with E-state index in [2.05, 4.69) is 22.4 Å². The fourth-order valence-electron chi connectivity index (χ4n) is 1.94. The molecule has 0 atom stereocenters. The Kier molecular flexibility index (Phi) is 3.94. The van der Waals surface area contributed by atoms with Crippen molar-refractivity contribution in [2.45, 2.75) is 46.6 Å². The van der Waals surface area contributed by atoms with Crippen molar-refractivity contribution in [1.82, 2.24) is 15.5 Å². The zero-order valence-electron chi connectivity index (χ0n) is 12.4. The topological polar surface area (TPSA) is 68.0 Å². The van der Waals surface area contributed by atoms with Crippen LogP contribution in [0.25, 0.3) is 0 Å². The van der Waals surface area contributed by atoms with Crippen LogP contribution in [0.1, 0.15) is 52.6 Å². The standard InChI is InChI=1S/C14H19N3O2S/c1-6-10-8(2)7-11(20-10)12(18)16-14(4,5)13-15-9(3)19-17-13/h7H,6H2,1-5H3,(H,16,18). The Hall–Kier alpha value is -1.69. The number of carbonyl (C=O) groups is 1. The minimum atomic E-state index is -0.668. The molecule has 2 aromatic rings. The fraction of sp³-hybridized carbons (Fsp3) is 0.500. The van der Waals surface area contributed by atoms with Crippen molar-refractivity contribution >= 4 is 17.2 Å². The second-order valence-corrected chi connectivity index (χ2v) is 6.42. The van der Waals surface area contributed by atoms with Crippen molar-refractivity contribution in [1.29, 1.82) is 0 Å². The summed E-state index contributed by atoms with van der Waals surface area (Å²) >= 11 is 1.53. The van der Waals surface area contributed by atoms with Gasteiger partial charge in [0.25, 0.3) is 5.91 Å². The zero-order chi connectivity index (χ0) is 14.9. The maximum absolute atomic E-state index is 12.3. The summed E-state index contributed by atoms with van der Waals surface area (Å²) in [4.78, 5) is 18.5. The highest BCUT2D eigenvalue weighted by Crippen LogP contribution is 2.24. The van der Waals surface area contributed by atoms with Gasteiger partial charge >= 0.3 is 0 Å². The number of carbonyl (C=O) groups excluding carboxylic acids is 1. The molecule has 108 valence electrons. The second kappa shape index (κ2) is 5.36. The van der Waals surface area contributed by atoms with Crippen molar-refractivity contribution in [2.24, 2.45) is 0 Å². The molecular formula is C14H19N3O2S. The molecule has 0 unspecified atom stereocenters. The van der Waals surface area contributed by atoms with Gasteiger partial charge in [0.1, 0.15) is 0 Å². The summed E-state index contributed by atoms with van der Waals surface area (Å²) in [6.45, 7) is 9.56. The first-order valence-corrected chi connectivity index (χ1v) is 7.37. The Morgan fingerprint density at radius 2 is 2.15 bits per heavy atom. The second-order valence-electron chi connectivity index (χ2n) is 5.29. The minimum absolute atomic E-state index is 0.106. The van der Waals surface area contributed by atoms with E-state index in [0.29, 0.717) is 16.6 Å². The van der Waals surface area contributed by atoms with E-state index in [-0.39, 0.29) is 5.91 Å². The van der Waals surface area contributed by atoms with Gasteiger partial charge in [-0.1, -0.05) is 12.1 Å². The van der Waals surface area contributed by atoms with E-state index >= 15 is 0 Å². The van der Waals surface area contributed by atoms with Crippen molar-refractivity contribution in [3.05, 3.63) is 33.1 Å². The molecule has 20 heavy (non-hydrogen) atoms. The fourth-order valence-corrected chi connectivity index (χ4v) is 2.95. The van der Waals surface area contributed by atoms with Gasteiger partial charge in [-0.05, 0) is 38.8 Å². The summed E-state index contributed by atoms with van der Waals surface area (Å²) in [5.41, 5.74) is 0.495. The van der Waals surface area contributed by atoms with E-state index in [1.54, 1.807) is 6.92 Å². The van der Waals surface area contributed by atoms with Crippen molar-refractivity contribution in [3.8, 4) is 0 Å². The molecule has 0 saturated carbocycles. The lowest BCUT2D eigenvalue weighted by Gasteiger charge is -2.21. The molecule has 0 radical (unpaired) electrons. The van der Waals surface area contributed by atoms with E-state index in [4.69, 9.17) is 4.52 Å². The molecule has 5 nitrogen and oxygen atoms in total. The molecule has 1 amide bonds. The first-order valence-electron chi connectivity index (χ1n) is 6.56. The summed E-state index contributed by atoms with van der Waals surface area (Å²) in [5, 5.41) is 6.83. The van der Waals surface area contributed by atoms with Crippen LogP contribution in [-0.2, 0) is 12.0 Å². The third-order valence-electron chi connectivity index (χ3n) is 3.08. The lowest BCUT2D eigenvalue weighted by Crippen LogP contribution is -2.41. The van der Waals surface area contributed by atoms with Crippen LogP contribution in [-0.4, -0.2) is 16.0 Å². The lowest BCUT2D eigenvalue weighted by atomic mass is 10.0. The van der Waals surface area contributed by atoms with Crippen LogP contribution in [0.4, 0.5) is 0 Å². The molecule has 2 rings (SSSR count). The summed E-state index contributed by atoms with van der Waals surface area (Å²) in [7, 11) is 0. The Balaban J connectivity index is 2.17. The van der Waals surface area contributed by atoms with Gasteiger partial charge in [0.05, 0.1) is 10.4 Å². The van der Waals surface area contributed by atoms with Crippen molar-refractivity contribution in [2.75, 3.05) is 0 Å². The van der Waals surface area contributed by atoms with Crippen LogP contribution in [0.3, 0.4) is 0 Å². The number of rotatable bonds is 4. The number of aromatic nitrogens is 2. The van der Waals surface area contributed by atoms with Gasteiger partial charge in [0.15, 0.2) is 5.82 Å². The van der Waals surface area contributed by atoms with Gasteiger partial charge in [-0.3, -0.25) is 4.79 Å². The summed E-state index contributed by atoms with van der Waals surface area (Å²) in [5.74, 6) is 0.861. The Morgan fingerprint density at radius 1 is 1.45 bits per heavy atom. The number of hydrogen-bond acceptors (Lipinski definition) is 5. The van der Waals surface area contributed by atoms with E-state index < -0.39 is 5.54 Å². The highest BCUT2D eigenvalue weighted by atomic mass is 32.1. The molecule has 0 bridgehead atoms. The van der Waals surface area contributed by atoms with Gasteiger partial charge in [-0.25, -0.2) is 0 Å². The molecule has 0 spiro atoms. The van der Waals surface area contributed by atoms with Crippen LogP contribution in [0.15, 0.2) is 10.6 Å². The third kappa shape index (κ3) is 2.90. The SMILES string of the molecule is CCc1sc(C(=O)NC(C)(C)c2noc(C)n2)cc1C. The number of hydrogen-bond donors (Lipinski definition) is 1. The Morgan fingerprint density at radius 3 is 2.65 bits per heavy atom. The molecular weight excluding hydrogens is 274 g/mol. The first-order chi connectivity index (χ1) is 9.33. The number of thiophene rings is 1. The van der Waals surface area contributed by atoms with E-state index in [0.717, 1.165) is 12.0 Å². The van der Waals surface area contributed by atoms with Crippen LogP contribution >= 0.6 is 11.3 Å². The molecule has 2 heterocycles. The maximum atomic E-state index is 12.3. The lowest BCUT2D eigenvalue weighted by molar-refractivity contribution is 0.0911. The summed E-state index contributed by atoms with van der Waals surface area (Å²) < 4.78 is 4.97. The number of nitrogens with zero attached hydrogens (tertiary/aromatic N) is 2. The summed E-state index contributed by atoms with van der Waals surface area (Å²) in [6.07, 6.45) is 0.942. The number of aryl methyl sites for hydroxylation is 3. The molecule has 1 N–H and O–H groups in total. The van der Waals surface area contributed by atoms with E-state index in [9.17, 15) is 4.79 Å². The van der Waals surface area contributed by atoms with E-state index in [1.807, 2.05) is 26.8 Å². The van der Waals surface area contributed by atoms with Gasteiger partial charge in [0, 0.05) is 11.8 Å². The van der Waals surface area contributed by atoms with Crippen molar-refractivity contribution < 1.29 is 9.32 Å². The number of amides is 1. The van der Waals surface area contributed by atoms with Crippen LogP contribution in [0.2, 0.25) is 0 Å².